The van der Waals surface area contributed by atoms with E-state index in [0.29, 0.717) is 17.1 Å². The van der Waals surface area contributed by atoms with Gasteiger partial charge in [-0.3, -0.25) is 14.3 Å². The van der Waals surface area contributed by atoms with Crippen molar-refractivity contribution < 1.29 is 9.32 Å². The van der Waals surface area contributed by atoms with Gasteiger partial charge in [-0.2, -0.15) is 0 Å². The minimum Gasteiger partial charge on any atom is -0.319 e. The van der Waals surface area contributed by atoms with Crippen LogP contribution in [0.5, 0.6) is 0 Å². The van der Waals surface area contributed by atoms with Crippen LogP contribution >= 0.6 is 11.3 Å². The Labute approximate surface area is 179 Å². The molecule has 0 bridgehead atoms. The second-order valence-electron chi connectivity index (χ2n) is 6.46. The van der Waals surface area contributed by atoms with Gasteiger partial charge in [0.1, 0.15) is 0 Å². The van der Waals surface area contributed by atoms with E-state index in [2.05, 4.69) is 30.1 Å². The third-order valence-corrected chi connectivity index (χ3v) is 5.25. The zero-order chi connectivity index (χ0) is 21.2. The van der Waals surface area contributed by atoms with Gasteiger partial charge in [0, 0.05) is 11.3 Å². The summed E-state index contributed by atoms with van der Waals surface area (Å²) in [5.74, 6) is -0.222. The van der Waals surface area contributed by atoms with Crippen LogP contribution in [-0.2, 0) is 0 Å². The highest BCUT2D eigenvalue weighted by atomic mass is 32.1. The van der Waals surface area contributed by atoms with Gasteiger partial charge in [0.05, 0.1) is 10.6 Å². The number of nitrogens with one attached hydrogen (secondary N) is 2. The number of anilines is 1. The van der Waals surface area contributed by atoms with Gasteiger partial charge in [-0.05, 0) is 35.7 Å². The molecule has 9 nitrogen and oxygen atoms in total. The molecule has 2 N–H and O–H groups in total. The van der Waals surface area contributed by atoms with Gasteiger partial charge in [0.15, 0.2) is 11.6 Å². The predicted octanol–water partition coefficient (Wildman–Crippen LogP) is 3.59. The lowest BCUT2D eigenvalue weighted by Gasteiger charge is -2.04. The highest BCUT2D eigenvalue weighted by molar-refractivity contribution is 7.13. The van der Waals surface area contributed by atoms with E-state index in [1.54, 1.807) is 28.9 Å². The number of H-pyrrole nitrogens is 1. The van der Waals surface area contributed by atoms with Crippen LogP contribution < -0.4 is 11.1 Å². The maximum absolute atomic E-state index is 12.9. The summed E-state index contributed by atoms with van der Waals surface area (Å²) in [7, 11) is 0. The van der Waals surface area contributed by atoms with Crippen molar-refractivity contribution in [3.63, 3.8) is 0 Å². The van der Waals surface area contributed by atoms with Crippen molar-refractivity contribution in [3.8, 4) is 27.8 Å². The van der Waals surface area contributed by atoms with Crippen molar-refractivity contribution in [2.75, 3.05) is 5.32 Å². The van der Waals surface area contributed by atoms with Crippen LogP contribution in [0.15, 0.2) is 81.4 Å². The molecule has 0 radical (unpaired) electrons. The smallest absolute Gasteiger partial charge is 0.319 e. The highest BCUT2D eigenvalue weighted by Crippen LogP contribution is 2.26. The monoisotopic (exact) mass is 430 g/mol. The Bertz CT molecular complexity index is 1400. The molecule has 0 aliphatic heterocycles. The van der Waals surface area contributed by atoms with Crippen LogP contribution in [-0.4, -0.2) is 30.8 Å². The van der Waals surface area contributed by atoms with E-state index >= 15 is 0 Å². The van der Waals surface area contributed by atoms with Crippen molar-refractivity contribution in [1.82, 2.24) is 24.9 Å². The van der Waals surface area contributed by atoms with Crippen LogP contribution in [0.3, 0.4) is 0 Å². The van der Waals surface area contributed by atoms with Gasteiger partial charge in [0.2, 0.25) is 5.82 Å². The number of amides is 1. The molecular formula is C21H14N6O3S. The van der Waals surface area contributed by atoms with E-state index in [4.69, 9.17) is 0 Å². The van der Waals surface area contributed by atoms with Gasteiger partial charge in [-0.15, -0.1) is 16.4 Å². The molecule has 3 aromatic heterocycles. The van der Waals surface area contributed by atoms with Gasteiger partial charge in [-0.1, -0.05) is 41.6 Å². The average molecular weight is 430 g/mol. The molecule has 5 rings (SSSR count). The molecule has 0 spiro atoms. The Hall–Kier alpha value is -4.31. The molecule has 10 heteroatoms. The Morgan fingerprint density at radius 3 is 2.68 bits per heavy atom. The number of thiophene rings is 1. The standard InChI is InChI=1S/C21H14N6O3S/c28-20(22-14-7-4-6-13(12-14)17-24-21(29)30-26-17)18-23-19(16-10-5-11-31-16)27(25-18)15-8-2-1-3-9-15/h1-12H,(H,22,28)(H,24,26,29). The number of aromatic amines is 1. The lowest BCUT2D eigenvalue weighted by Crippen LogP contribution is -2.14. The molecule has 0 fully saturated rings. The largest absolute Gasteiger partial charge is 0.439 e. The topological polar surface area (TPSA) is 119 Å². The number of aromatic nitrogens is 5. The predicted molar refractivity (Wildman–Crippen MR) is 115 cm³/mol. The summed E-state index contributed by atoms with van der Waals surface area (Å²) < 4.78 is 6.18. The highest BCUT2D eigenvalue weighted by Gasteiger charge is 2.19. The Morgan fingerprint density at radius 2 is 1.94 bits per heavy atom. The van der Waals surface area contributed by atoms with Gasteiger partial charge >= 0.3 is 5.76 Å². The van der Waals surface area contributed by atoms with E-state index in [0.717, 1.165) is 10.6 Å². The number of carbonyl (C=O) groups excluding carboxylic acids is 1. The number of rotatable bonds is 5. The van der Waals surface area contributed by atoms with Crippen molar-refractivity contribution in [3.05, 3.63) is 88.5 Å². The first-order valence-corrected chi connectivity index (χ1v) is 10.1. The summed E-state index contributed by atoms with van der Waals surface area (Å²) in [5, 5.41) is 12.8. The Morgan fingerprint density at radius 1 is 1.06 bits per heavy atom. The summed E-state index contributed by atoms with van der Waals surface area (Å²) in [6.07, 6.45) is 0. The molecule has 0 aliphatic rings. The first-order valence-electron chi connectivity index (χ1n) is 9.21. The van der Waals surface area contributed by atoms with Crippen LogP contribution in [0.1, 0.15) is 10.6 Å². The number of benzene rings is 2. The molecule has 3 heterocycles. The number of para-hydroxylation sites is 1. The summed E-state index contributed by atoms with van der Waals surface area (Å²) in [6, 6.07) is 20.2. The van der Waals surface area contributed by atoms with Crippen molar-refractivity contribution in [1.29, 1.82) is 0 Å². The summed E-state index contributed by atoms with van der Waals surface area (Å²) in [6.45, 7) is 0. The second kappa shape index (κ2) is 7.84. The van der Waals surface area contributed by atoms with E-state index < -0.39 is 11.7 Å². The Balaban J connectivity index is 1.47. The van der Waals surface area contributed by atoms with Gasteiger partial charge in [0.25, 0.3) is 5.91 Å². The van der Waals surface area contributed by atoms with Crippen molar-refractivity contribution >= 4 is 22.9 Å². The second-order valence-corrected chi connectivity index (χ2v) is 7.41. The normalized spacial score (nSPS) is 10.8. The van der Waals surface area contributed by atoms with E-state index in [1.807, 2.05) is 47.8 Å². The van der Waals surface area contributed by atoms with Crippen molar-refractivity contribution in [2.24, 2.45) is 0 Å². The minimum absolute atomic E-state index is 0.0347. The van der Waals surface area contributed by atoms with Crippen LogP contribution in [0, 0.1) is 0 Å². The molecular weight excluding hydrogens is 416 g/mol. The maximum Gasteiger partial charge on any atom is 0.439 e. The molecule has 152 valence electrons. The van der Waals surface area contributed by atoms with Crippen molar-refractivity contribution in [2.45, 2.75) is 0 Å². The number of carbonyl (C=O) groups is 1. The van der Waals surface area contributed by atoms with Crippen LogP contribution in [0.2, 0.25) is 0 Å². The minimum atomic E-state index is -0.652. The number of hydrogen-bond acceptors (Lipinski definition) is 7. The van der Waals surface area contributed by atoms with Gasteiger partial charge in [-0.25, -0.2) is 14.5 Å². The fourth-order valence-corrected chi connectivity index (χ4v) is 3.71. The fraction of sp³-hybridized carbons (Fsp3) is 0. The first-order chi connectivity index (χ1) is 15.2. The molecule has 1 amide bonds. The molecule has 5 aromatic rings. The third-order valence-electron chi connectivity index (χ3n) is 4.39. The maximum atomic E-state index is 12.9. The fourth-order valence-electron chi connectivity index (χ4n) is 3.01. The number of hydrogen-bond donors (Lipinski definition) is 2. The SMILES string of the molecule is O=C(Nc1cccc(-c2noc(=O)[nH]2)c1)c1nc(-c2cccs2)n(-c2ccccc2)n1. The lowest BCUT2D eigenvalue weighted by atomic mass is 10.2. The van der Waals surface area contributed by atoms with E-state index in [9.17, 15) is 9.59 Å². The average Bonchev–Trinajstić information content (AvgIpc) is 3.55. The van der Waals surface area contributed by atoms with E-state index in [1.165, 1.54) is 11.3 Å². The molecule has 2 aromatic carbocycles. The summed E-state index contributed by atoms with van der Waals surface area (Å²) >= 11 is 1.52. The van der Waals surface area contributed by atoms with Crippen LogP contribution in [0.4, 0.5) is 5.69 Å². The summed E-state index contributed by atoms with van der Waals surface area (Å²) in [5.41, 5.74) is 1.89. The Kier molecular flexibility index (Phi) is 4.73. The first kappa shape index (κ1) is 18.7. The molecule has 0 aliphatic carbocycles. The zero-order valence-electron chi connectivity index (χ0n) is 15.9. The molecule has 0 saturated carbocycles. The van der Waals surface area contributed by atoms with E-state index in [-0.39, 0.29) is 11.6 Å². The third kappa shape index (κ3) is 3.79. The zero-order valence-corrected chi connectivity index (χ0v) is 16.7. The molecule has 0 unspecified atom stereocenters. The number of nitrogens with zero attached hydrogens (tertiary/aromatic N) is 4. The quantitative estimate of drug-likeness (QED) is 0.440. The lowest BCUT2D eigenvalue weighted by molar-refractivity contribution is 0.101. The summed E-state index contributed by atoms with van der Waals surface area (Å²) in [4.78, 5) is 31.9. The van der Waals surface area contributed by atoms with Crippen LogP contribution in [0.25, 0.3) is 27.8 Å². The molecule has 0 saturated heterocycles. The molecule has 0 atom stereocenters. The molecule has 31 heavy (non-hydrogen) atoms. The van der Waals surface area contributed by atoms with Gasteiger partial charge < -0.3 is 5.32 Å².